The molecule has 0 heterocycles. The summed E-state index contributed by atoms with van der Waals surface area (Å²) in [5, 5.41) is 0. The average molecular weight is 270 g/mol. The number of ether oxygens (including phenoxy) is 1. The Kier molecular flexibility index (Phi) is 4.16. The van der Waals surface area contributed by atoms with Crippen molar-refractivity contribution in [3.63, 3.8) is 0 Å². The Morgan fingerprint density at radius 2 is 1.89 bits per heavy atom. The summed E-state index contributed by atoms with van der Waals surface area (Å²) in [6, 6.07) is 6.49. The van der Waals surface area contributed by atoms with Gasteiger partial charge in [-0.3, -0.25) is 4.79 Å². The standard InChI is InChI=1S/C13H18O4S/c1-13(2,3)18(15,16)9-12(14)10-6-5-7-11(8-10)17-4/h5-8H,9H2,1-4H3. The zero-order valence-electron chi connectivity index (χ0n) is 11.1. The van der Waals surface area contributed by atoms with Crippen molar-refractivity contribution in [3.8, 4) is 5.75 Å². The largest absolute Gasteiger partial charge is 0.497 e. The van der Waals surface area contributed by atoms with Crippen LogP contribution in [0.3, 0.4) is 0 Å². The van der Waals surface area contributed by atoms with Crippen molar-refractivity contribution in [3.05, 3.63) is 29.8 Å². The van der Waals surface area contributed by atoms with Crippen molar-refractivity contribution in [1.29, 1.82) is 0 Å². The molecule has 1 rings (SSSR count). The first-order valence-corrected chi connectivity index (χ1v) is 7.22. The Bertz CT molecular complexity index is 538. The molecule has 100 valence electrons. The molecule has 0 unspecified atom stereocenters. The molecule has 4 nitrogen and oxygen atoms in total. The van der Waals surface area contributed by atoms with E-state index in [0.717, 1.165) is 0 Å². The molecule has 1 aromatic carbocycles. The lowest BCUT2D eigenvalue weighted by Crippen LogP contribution is -2.33. The molecule has 1 aromatic rings. The lowest BCUT2D eigenvalue weighted by Gasteiger charge is -2.18. The molecule has 0 bridgehead atoms. The molecule has 18 heavy (non-hydrogen) atoms. The van der Waals surface area contributed by atoms with Crippen LogP contribution in [0.25, 0.3) is 0 Å². The van der Waals surface area contributed by atoms with Crippen LogP contribution in [-0.2, 0) is 9.84 Å². The van der Waals surface area contributed by atoms with Crippen molar-refractivity contribution in [2.45, 2.75) is 25.5 Å². The Morgan fingerprint density at radius 3 is 2.39 bits per heavy atom. The number of carbonyl (C=O) groups is 1. The van der Waals surface area contributed by atoms with Gasteiger partial charge in [0.2, 0.25) is 0 Å². The maximum atomic E-state index is 11.9. The number of Topliss-reactive ketones (excluding diaryl/α,β-unsaturated/α-hetero) is 1. The Morgan fingerprint density at radius 1 is 1.28 bits per heavy atom. The normalized spacial score (nSPS) is 12.2. The first-order valence-electron chi connectivity index (χ1n) is 5.57. The molecule has 0 fully saturated rings. The van der Waals surface area contributed by atoms with Crippen LogP contribution in [-0.4, -0.2) is 31.8 Å². The maximum absolute atomic E-state index is 11.9. The minimum absolute atomic E-state index is 0.349. The van der Waals surface area contributed by atoms with E-state index in [1.807, 2.05) is 0 Å². The Labute approximate surface area is 108 Å². The van der Waals surface area contributed by atoms with E-state index in [1.54, 1.807) is 45.0 Å². The van der Waals surface area contributed by atoms with Crippen molar-refractivity contribution >= 4 is 15.6 Å². The van der Waals surface area contributed by atoms with Crippen LogP contribution in [0, 0.1) is 0 Å². The van der Waals surface area contributed by atoms with E-state index in [-0.39, 0.29) is 0 Å². The summed E-state index contributed by atoms with van der Waals surface area (Å²) < 4.78 is 27.9. The third-order valence-electron chi connectivity index (χ3n) is 2.65. The van der Waals surface area contributed by atoms with E-state index in [9.17, 15) is 13.2 Å². The highest BCUT2D eigenvalue weighted by atomic mass is 32.2. The molecule has 0 radical (unpaired) electrons. The Balaban J connectivity index is 2.96. The molecule has 0 aliphatic rings. The molecule has 0 saturated heterocycles. The molecule has 0 saturated carbocycles. The van der Waals surface area contributed by atoms with Gasteiger partial charge in [-0.1, -0.05) is 12.1 Å². The molecular formula is C13H18O4S. The van der Waals surface area contributed by atoms with E-state index < -0.39 is 26.1 Å². The van der Waals surface area contributed by atoms with Gasteiger partial charge < -0.3 is 4.74 Å². The molecule has 0 aliphatic heterocycles. The predicted molar refractivity (Wildman–Crippen MR) is 70.9 cm³/mol. The highest BCUT2D eigenvalue weighted by Gasteiger charge is 2.31. The maximum Gasteiger partial charge on any atom is 0.178 e. The second-order valence-corrected chi connectivity index (χ2v) is 7.77. The van der Waals surface area contributed by atoms with Gasteiger partial charge in [0, 0.05) is 5.56 Å². The fourth-order valence-electron chi connectivity index (χ4n) is 1.27. The van der Waals surface area contributed by atoms with Gasteiger partial charge in [0.25, 0.3) is 0 Å². The van der Waals surface area contributed by atoms with E-state index in [0.29, 0.717) is 11.3 Å². The summed E-state index contributed by atoms with van der Waals surface area (Å²) in [4.78, 5) is 11.9. The molecule has 0 N–H and O–H groups in total. The molecule has 0 amide bonds. The van der Waals surface area contributed by atoms with E-state index in [1.165, 1.54) is 7.11 Å². The van der Waals surface area contributed by atoms with Crippen LogP contribution in [0.5, 0.6) is 5.75 Å². The van der Waals surface area contributed by atoms with Gasteiger partial charge >= 0.3 is 0 Å². The fourth-order valence-corrected chi connectivity index (χ4v) is 2.21. The van der Waals surface area contributed by atoms with Gasteiger partial charge in [-0.2, -0.15) is 0 Å². The highest BCUT2D eigenvalue weighted by molar-refractivity contribution is 7.93. The summed E-state index contributed by atoms with van der Waals surface area (Å²) in [5.41, 5.74) is 0.349. The van der Waals surface area contributed by atoms with E-state index in [2.05, 4.69) is 0 Å². The van der Waals surface area contributed by atoms with E-state index in [4.69, 9.17) is 4.74 Å². The Hall–Kier alpha value is -1.36. The lowest BCUT2D eigenvalue weighted by molar-refractivity contribution is 0.102. The second-order valence-electron chi connectivity index (χ2n) is 5.03. The number of rotatable bonds is 4. The minimum Gasteiger partial charge on any atom is -0.497 e. The molecule has 0 aliphatic carbocycles. The second kappa shape index (κ2) is 5.10. The molecule has 5 heteroatoms. The third-order valence-corrected chi connectivity index (χ3v) is 5.15. The summed E-state index contributed by atoms with van der Waals surface area (Å²) >= 11 is 0. The van der Waals surface area contributed by atoms with Crippen molar-refractivity contribution in [2.24, 2.45) is 0 Å². The van der Waals surface area contributed by atoms with Crippen LogP contribution >= 0.6 is 0 Å². The van der Waals surface area contributed by atoms with Gasteiger partial charge in [0.05, 0.1) is 11.9 Å². The summed E-state index contributed by atoms with van der Waals surface area (Å²) in [6.45, 7) is 4.75. The summed E-state index contributed by atoms with van der Waals surface area (Å²) in [5.74, 6) is -0.359. The van der Waals surface area contributed by atoms with Crippen LogP contribution in [0.2, 0.25) is 0 Å². The zero-order valence-corrected chi connectivity index (χ0v) is 11.9. The smallest absolute Gasteiger partial charge is 0.178 e. The molecule has 0 atom stereocenters. The van der Waals surface area contributed by atoms with Gasteiger partial charge in [0.1, 0.15) is 11.5 Å². The van der Waals surface area contributed by atoms with Crippen LogP contribution in [0.15, 0.2) is 24.3 Å². The van der Waals surface area contributed by atoms with Gasteiger partial charge in [-0.05, 0) is 32.9 Å². The van der Waals surface area contributed by atoms with Crippen LogP contribution < -0.4 is 4.74 Å². The van der Waals surface area contributed by atoms with Crippen LogP contribution in [0.1, 0.15) is 31.1 Å². The SMILES string of the molecule is COc1cccc(C(=O)CS(=O)(=O)C(C)(C)C)c1. The predicted octanol–water partition coefficient (Wildman–Crippen LogP) is 2.09. The average Bonchev–Trinajstić information content (AvgIpc) is 2.27. The first kappa shape index (κ1) is 14.7. The highest BCUT2D eigenvalue weighted by Crippen LogP contribution is 2.19. The van der Waals surface area contributed by atoms with Gasteiger partial charge in [-0.15, -0.1) is 0 Å². The van der Waals surface area contributed by atoms with Gasteiger partial charge in [-0.25, -0.2) is 8.42 Å². The zero-order chi connectivity index (χ0) is 14.0. The van der Waals surface area contributed by atoms with E-state index >= 15 is 0 Å². The first-order chi connectivity index (χ1) is 8.17. The summed E-state index contributed by atoms with van der Waals surface area (Å²) in [6.07, 6.45) is 0. The number of methoxy groups -OCH3 is 1. The number of ketones is 1. The number of benzene rings is 1. The van der Waals surface area contributed by atoms with Crippen molar-refractivity contribution < 1.29 is 17.9 Å². The molecule has 0 aromatic heterocycles. The minimum atomic E-state index is -3.46. The number of carbonyl (C=O) groups excluding carboxylic acids is 1. The van der Waals surface area contributed by atoms with Gasteiger partial charge in [0.15, 0.2) is 15.6 Å². The number of hydrogen-bond donors (Lipinski definition) is 0. The quantitative estimate of drug-likeness (QED) is 0.786. The van der Waals surface area contributed by atoms with Crippen molar-refractivity contribution in [2.75, 3.05) is 12.9 Å². The fraction of sp³-hybridized carbons (Fsp3) is 0.462. The number of sulfone groups is 1. The number of hydrogen-bond acceptors (Lipinski definition) is 4. The summed E-state index contributed by atoms with van der Waals surface area (Å²) in [7, 11) is -1.96. The topological polar surface area (TPSA) is 60.4 Å². The molecular weight excluding hydrogens is 252 g/mol. The molecule has 0 spiro atoms. The van der Waals surface area contributed by atoms with Crippen LogP contribution in [0.4, 0.5) is 0 Å². The van der Waals surface area contributed by atoms with Crippen molar-refractivity contribution in [1.82, 2.24) is 0 Å². The lowest BCUT2D eigenvalue weighted by atomic mass is 10.1. The third kappa shape index (κ3) is 3.32. The monoisotopic (exact) mass is 270 g/mol.